The lowest BCUT2D eigenvalue weighted by Gasteiger charge is -2.46. The Labute approximate surface area is 445 Å². The average Bonchev–Trinajstić information content (AvgIpc) is 3.64. The van der Waals surface area contributed by atoms with Gasteiger partial charge in [-0.25, -0.2) is 0 Å². The molecule has 4 nitrogen and oxygen atoms in total. The first kappa shape index (κ1) is 45.9. The van der Waals surface area contributed by atoms with E-state index in [1.165, 1.54) is 67.0 Å². The van der Waals surface area contributed by atoms with Gasteiger partial charge in [-0.2, -0.15) is 0 Å². The highest BCUT2D eigenvalue weighted by molar-refractivity contribution is 5.91. The minimum Gasteiger partial charge on any atom is -0.310 e. The third-order valence-electron chi connectivity index (χ3n) is 15.2. The van der Waals surface area contributed by atoms with E-state index >= 15 is 0 Å². The van der Waals surface area contributed by atoms with Gasteiger partial charge in [0.25, 0.3) is 0 Å². The summed E-state index contributed by atoms with van der Waals surface area (Å²) in [6.45, 7) is 0. The van der Waals surface area contributed by atoms with E-state index in [1.807, 2.05) is 24.5 Å². The molecule has 4 heterocycles. The van der Waals surface area contributed by atoms with Crippen LogP contribution in [0.2, 0.25) is 0 Å². The van der Waals surface area contributed by atoms with Crippen LogP contribution in [0.4, 0.5) is 34.1 Å². The van der Waals surface area contributed by atoms with Crippen molar-refractivity contribution >= 4 is 34.1 Å². The van der Waals surface area contributed by atoms with Crippen molar-refractivity contribution in [3.63, 3.8) is 0 Å². The Bertz CT molecular complexity index is 3680. The Balaban J connectivity index is 0.000000153. The van der Waals surface area contributed by atoms with Gasteiger partial charge in [-0.3, -0.25) is 9.97 Å². The number of hydrogen-bond donors (Lipinski definition) is 0. The highest BCUT2D eigenvalue weighted by Gasteiger charge is 2.49. The predicted molar refractivity (Wildman–Crippen MR) is 312 cm³/mol. The maximum Gasteiger partial charge on any atom is 0.108 e. The SMILES string of the molecule is c1ccc(-c2ccc(C3(c4ccc(-c5ccccc5)cc4)c4ccccc4N(c4ccccc4)c4ccccc43)cc2)cc1.c1ccc(N2c3ccccc3C(c3ccccn3)(c3ccccn3)c3ccccc32)cc1. The molecule has 10 aromatic carbocycles. The zero-order valence-electron chi connectivity index (χ0n) is 41.8. The molecule has 76 heavy (non-hydrogen) atoms. The average molecular weight is 973 g/mol. The van der Waals surface area contributed by atoms with Crippen LogP contribution in [0.3, 0.4) is 0 Å². The fraction of sp³-hybridized carbons (Fsp3) is 0.0278. The summed E-state index contributed by atoms with van der Waals surface area (Å²) in [5, 5.41) is 0. The Morgan fingerprint density at radius 3 is 0.829 bits per heavy atom. The largest absolute Gasteiger partial charge is 0.310 e. The van der Waals surface area contributed by atoms with Crippen molar-refractivity contribution in [2.75, 3.05) is 9.80 Å². The molecule has 2 aliphatic heterocycles. The van der Waals surface area contributed by atoms with Crippen LogP contribution in [0.1, 0.15) is 44.8 Å². The fourth-order valence-corrected chi connectivity index (χ4v) is 11.9. The number of fused-ring (bicyclic) bond motifs is 4. The maximum absolute atomic E-state index is 4.89. The number of pyridine rings is 2. The monoisotopic (exact) mass is 972 g/mol. The zero-order chi connectivity index (χ0) is 50.7. The molecule has 0 unspecified atom stereocenters. The minimum absolute atomic E-state index is 0.525. The molecule has 0 saturated carbocycles. The molecule has 0 amide bonds. The fourth-order valence-electron chi connectivity index (χ4n) is 11.9. The second-order valence-electron chi connectivity index (χ2n) is 19.2. The van der Waals surface area contributed by atoms with Crippen LogP contribution in [0.15, 0.2) is 316 Å². The van der Waals surface area contributed by atoms with E-state index in [9.17, 15) is 0 Å². The molecular weight excluding hydrogens is 921 g/mol. The zero-order valence-corrected chi connectivity index (χ0v) is 41.8. The molecule has 0 radical (unpaired) electrons. The number of anilines is 6. The lowest BCUT2D eigenvalue weighted by Crippen LogP contribution is -2.39. The highest BCUT2D eigenvalue weighted by Crippen LogP contribution is 2.59. The molecule has 12 aromatic rings. The second-order valence-corrected chi connectivity index (χ2v) is 19.2. The molecule has 0 bridgehead atoms. The number of benzene rings is 10. The van der Waals surface area contributed by atoms with Gasteiger partial charge in [0.15, 0.2) is 0 Å². The molecule has 0 N–H and O–H groups in total. The normalized spacial score (nSPS) is 13.4. The Hall–Kier alpha value is -9.90. The topological polar surface area (TPSA) is 32.3 Å². The van der Waals surface area contributed by atoms with E-state index in [-0.39, 0.29) is 0 Å². The molecule has 2 aromatic heterocycles. The van der Waals surface area contributed by atoms with Crippen LogP contribution in [-0.4, -0.2) is 9.97 Å². The Kier molecular flexibility index (Phi) is 12.0. The van der Waals surface area contributed by atoms with Gasteiger partial charge in [0.2, 0.25) is 0 Å². The molecular formula is C72H52N4. The summed E-state index contributed by atoms with van der Waals surface area (Å²) in [6, 6.07) is 108. The summed E-state index contributed by atoms with van der Waals surface area (Å²) >= 11 is 0. The minimum atomic E-state index is -0.624. The van der Waals surface area contributed by atoms with Crippen molar-refractivity contribution in [1.82, 2.24) is 9.97 Å². The molecule has 0 saturated heterocycles. The van der Waals surface area contributed by atoms with Crippen molar-refractivity contribution in [2.24, 2.45) is 0 Å². The lowest BCUT2D eigenvalue weighted by atomic mass is 9.62. The van der Waals surface area contributed by atoms with Crippen LogP contribution < -0.4 is 9.80 Å². The molecule has 0 fully saturated rings. The molecule has 360 valence electrons. The van der Waals surface area contributed by atoms with Crippen molar-refractivity contribution in [1.29, 1.82) is 0 Å². The number of para-hydroxylation sites is 6. The van der Waals surface area contributed by atoms with Gasteiger partial charge < -0.3 is 9.80 Å². The summed E-state index contributed by atoms with van der Waals surface area (Å²) in [5.41, 5.74) is 19.9. The van der Waals surface area contributed by atoms with E-state index in [0.717, 1.165) is 34.1 Å². The van der Waals surface area contributed by atoms with Crippen LogP contribution in [0.5, 0.6) is 0 Å². The highest BCUT2D eigenvalue weighted by atomic mass is 15.2. The maximum atomic E-state index is 4.89. The number of hydrogen-bond acceptors (Lipinski definition) is 4. The van der Waals surface area contributed by atoms with E-state index in [0.29, 0.717) is 0 Å². The number of rotatable bonds is 8. The summed E-state index contributed by atoms with van der Waals surface area (Å²) < 4.78 is 0. The van der Waals surface area contributed by atoms with Gasteiger partial charge in [-0.15, -0.1) is 0 Å². The van der Waals surface area contributed by atoms with Gasteiger partial charge in [0.05, 0.1) is 39.6 Å². The van der Waals surface area contributed by atoms with Gasteiger partial charge in [0, 0.05) is 23.8 Å². The lowest BCUT2D eigenvalue weighted by molar-refractivity contribution is 0.677. The first-order chi connectivity index (χ1) is 37.7. The first-order valence-electron chi connectivity index (χ1n) is 26.0. The number of aromatic nitrogens is 2. The summed E-state index contributed by atoms with van der Waals surface area (Å²) in [5.74, 6) is 0. The molecule has 14 rings (SSSR count). The standard InChI is InChI=1S/C43H31N.C29H21N3/c1-4-14-32(15-5-1)34-24-28-36(29-25-34)43(37-30-26-35(27-31-37)33-16-6-2-7-17-33)39-20-10-12-22-41(39)44(38-18-8-3-9-19-38)42-23-13-11-21-40(42)43;1-2-12-22(13-3-1)32-25-16-6-4-14-23(25)29(27-18-8-10-20-30-27,28-19-9-11-21-31-28)24-15-5-7-17-26(24)32/h1-31H;1-21H. The van der Waals surface area contributed by atoms with Gasteiger partial charge >= 0.3 is 0 Å². The van der Waals surface area contributed by atoms with Crippen molar-refractivity contribution in [3.05, 3.63) is 360 Å². The second kappa shape index (κ2) is 19.8. The van der Waals surface area contributed by atoms with E-state index in [4.69, 9.17) is 9.97 Å². The van der Waals surface area contributed by atoms with Crippen LogP contribution in [-0.2, 0) is 10.8 Å². The van der Waals surface area contributed by atoms with Gasteiger partial charge in [0.1, 0.15) is 5.41 Å². The summed E-state index contributed by atoms with van der Waals surface area (Å²) in [4.78, 5) is 14.5. The van der Waals surface area contributed by atoms with E-state index in [2.05, 4.69) is 301 Å². The molecule has 0 atom stereocenters. The summed E-state index contributed by atoms with van der Waals surface area (Å²) in [6.07, 6.45) is 3.74. The van der Waals surface area contributed by atoms with Crippen LogP contribution in [0, 0.1) is 0 Å². The van der Waals surface area contributed by atoms with Crippen LogP contribution >= 0.6 is 0 Å². The van der Waals surface area contributed by atoms with Crippen LogP contribution in [0.25, 0.3) is 22.3 Å². The van der Waals surface area contributed by atoms with Crippen molar-refractivity contribution in [3.8, 4) is 22.3 Å². The van der Waals surface area contributed by atoms with Crippen molar-refractivity contribution < 1.29 is 0 Å². The molecule has 0 aliphatic carbocycles. The van der Waals surface area contributed by atoms with E-state index < -0.39 is 10.8 Å². The quantitative estimate of drug-likeness (QED) is 0.152. The first-order valence-corrected chi connectivity index (χ1v) is 26.0. The predicted octanol–water partition coefficient (Wildman–Crippen LogP) is 17.8. The van der Waals surface area contributed by atoms with E-state index in [1.54, 1.807) is 0 Å². The molecule has 4 heteroatoms. The molecule has 0 spiro atoms. The van der Waals surface area contributed by atoms with Gasteiger partial charge in [-0.1, -0.05) is 231 Å². The third kappa shape index (κ3) is 7.70. The van der Waals surface area contributed by atoms with Gasteiger partial charge in [-0.05, 0) is 128 Å². The Morgan fingerprint density at radius 2 is 0.500 bits per heavy atom. The summed E-state index contributed by atoms with van der Waals surface area (Å²) in [7, 11) is 0. The number of nitrogens with zero attached hydrogens (tertiary/aromatic N) is 4. The molecule has 2 aliphatic rings. The smallest absolute Gasteiger partial charge is 0.108 e. The third-order valence-corrected chi connectivity index (χ3v) is 15.2. The Morgan fingerprint density at radius 1 is 0.224 bits per heavy atom. The van der Waals surface area contributed by atoms with Crippen molar-refractivity contribution in [2.45, 2.75) is 10.8 Å².